The van der Waals surface area contributed by atoms with Gasteiger partial charge in [-0.25, -0.2) is 9.97 Å². The second-order valence-electron chi connectivity index (χ2n) is 11.7. The number of benzene rings is 7. The van der Waals surface area contributed by atoms with Crippen LogP contribution in [0.1, 0.15) is 16.4 Å². The number of hydrogen-bond acceptors (Lipinski definition) is 3. The second kappa shape index (κ2) is 11.7. The zero-order chi connectivity index (χ0) is 43.5. The Morgan fingerprint density at radius 2 is 1.18 bits per heavy atom. The van der Waals surface area contributed by atoms with Gasteiger partial charge in [-0.05, 0) is 59.6 Å². The molecule has 234 valence electrons. The molecule has 3 aromatic heterocycles. The van der Waals surface area contributed by atoms with Crippen LogP contribution in [-0.2, 0) is 0 Å². The van der Waals surface area contributed by atoms with Gasteiger partial charge in [0.2, 0.25) is 0 Å². The summed E-state index contributed by atoms with van der Waals surface area (Å²) in [5, 5.41) is 1.75. The van der Waals surface area contributed by atoms with Crippen LogP contribution in [0.25, 0.3) is 92.7 Å². The summed E-state index contributed by atoms with van der Waals surface area (Å²) in [6.07, 6.45) is 0. The van der Waals surface area contributed by atoms with Crippen molar-refractivity contribution in [2.75, 3.05) is 0 Å². The van der Waals surface area contributed by atoms with E-state index in [1.165, 1.54) is 0 Å². The SMILES string of the molecule is [2H]c1c([2H])c([2H])c(-n2c3c([2H])c([2H])c([2H])c([2H])c3c3c([2H])c([2H])c([2H])c(-c4nc(-c5cccc(-c6ccccc6)c5)cc(-c5ccc6c(c5)sc5ccccc56)n4)c32)c([2H])c1[2H]. The fourth-order valence-electron chi connectivity index (χ4n) is 6.54. The molecule has 7 aromatic carbocycles. The Balaban J connectivity index is 1.37. The van der Waals surface area contributed by atoms with Gasteiger partial charge in [-0.2, -0.15) is 0 Å². The van der Waals surface area contributed by atoms with E-state index in [9.17, 15) is 2.74 Å². The summed E-state index contributed by atoms with van der Waals surface area (Å²) in [4.78, 5) is 10.1. The molecule has 3 heterocycles. The lowest BCUT2D eigenvalue weighted by molar-refractivity contribution is 1.16. The standard InChI is InChI=1S/C46H29N3S/c1-3-13-30(14-4-1)31-15-11-16-32(27-31)40-29-41(33-25-26-37-36-20-8-10-24-43(36)50-44(37)28-33)48-46(47-40)39-22-12-21-38-35-19-7-9-23-42(35)49(45(38)39)34-17-5-2-6-18-34/h1-29H/i2D,5D,6D,7D,9D,12D,17D,18D,19D,21D,22D,23D. The highest BCUT2D eigenvalue weighted by Crippen LogP contribution is 2.40. The minimum absolute atomic E-state index is 0.116. The Kier molecular flexibility index (Phi) is 4.43. The Morgan fingerprint density at radius 3 is 2.06 bits per heavy atom. The normalized spacial score (nSPS) is 15.0. The topological polar surface area (TPSA) is 30.7 Å². The quantitative estimate of drug-likeness (QED) is 0.183. The summed E-state index contributed by atoms with van der Waals surface area (Å²) in [5.41, 5.74) is 2.96. The fraction of sp³-hybridized carbons (Fsp3) is 0. The summed E-state index contributed by atoms with van der Waals surface area (Å²) in [7, 11) is 0. The molecule has 0 saturated heterocycles. The lowest BCUT2D eigenvalue weighted by atomic mass is 10.00. The largest absolute Gasteiger partial charge is 0.309 e. The molecule has 4 heteroatoms. The van der Waals surface area contributed by atoms with Crippen LogP contribution in [0.3, 0.4) is 0 Å². The van der Waals surface area contributed by atoms with Crippen molar-refractivity contribution in [1.82, 2.24) is 14.5 Å². The van der Waals surface area contributed by atoms with Crippen LogP contribution in [0, 0.1) is 0 Å². The van der Waals surface area contributed by atoms with E-state index >= 15 is 0 Å². The van der Waals surface area contributed by atoms with Gasteiger partial charge in [-0.15, -0.1) is 11.3 Å². The number of fused-ring (bicyclic) bond motifs is 6. The molecule has 0 bridgehead atoms. The van der Waals surface area contributed by atoms with Crippen molar-refractivity contribution in [3.8, 4) is 50.7 Å². The highest BCUT2D eigenvalue weighted by Gasteiger charge is 2.20. The molecule has 0 aliphatic rings. The van der Waals surface area contributed by atoms with Crippen molar-refractivity contribution in [3.63, 3.8) is 0 Å². The van der Waals surface area contributed by atoms with E-state index < -0.39 is 78.2 Å². The monoisotopic (exact) mass is 667 g/mol. The second-order valence-corrected chi connectivity index (χ2v) is 12.8. The van der Waals surface area contributed by atoms with Crippen LogP contribution in [0.2, 0.25) is 0 Å². The van der Waals surface area contributed by atoms with Crippen molar-refractivity contribution in [1.29, 1.82) is 0 Å². The van der Waals surface area contributed by atoms with E-state index in [0.29, 0.717) is 22.5 Å². The lowest BCUT2D eigenvalue weighted by Gasteiger charge is -2.13. The van der Waals surface area contributed by atoms with Gasteiger partial charge in [0.25, 0.3) is 0 Å². The molecule has 10 rings (SSSR count). The van der Waals surface area contributed by atoms with Crippen LogP contribution in [0.4, 0.5) is 0 Å². The Labute approximate surface area is 310 Å². The third-order valence-electron chi connectivity index (χ3n) is 8.81. The van der Waals surface area contributed by atoms with Crippen molar-refractivity contribution in [2.45, 2.75) is 0 Å². The van der Waals surface area contributed by atoms with Gasteiger partial charge in [0.05, 0.1) is 38.9 Å². The maximum absolute atomic E-state index is 9.51. The zero-order valence-electron chi connectivity index (χ0n) is 38.1. The van der Waals surface area contributed by atoms with E-state index in [1.54, 1.807) is 11.3 Å². The minimum atomic E-state index is -0.705. The third-order valence-corrected chi connectivity index (χ3v) is 9.95. The first kappa shape index (κ1) is 19.0. The Bertz CT molecular complexity index is 3540. The van der Waals surface area contributed by atoms with Gasteiger partial charge in [-0.3, -0.25) is 0 Å². The van der Waals surface area contributed by atoms with Crippen molar-refractivity contribution in [3.05, 3.63) is 176 Å². The van der Waals surface area contributed by atoms with Gasteiger partial charge >= 0.3 is 0 Å². The average Bonchev–Trinajstić information content (AvgIpc) is 3.84. The molecular weight excluding hydrogens is 627 g/mol. The molecule has 0 fully saturated rings. The molecule has 10 aromatic rings. The van der Waals surface area contributed by atoms with Gasteiger partial charge in [0.1, 0.15) is 0 Å². The number of thiophene rings is 1. The molecule has 50 heavy (non-hydrogen) atoms. The predicted octanol–water partition coefficient (Wildman–Crippen LogP) is 12.6. The summed E-state index contributed by atoms with van der Waals surface area (Å²) >= 11 is 1.62. The first-order valence-electron chi connectivity index (χ1n) is 21.8. The van der Waals surface area contributed by atoms with Crippen LogP contribution >= 0.6 is 11.3 Å². The number of nitrogens with zero attached hydrogens (tertiary/aromatic N) is 3. The maximum Gasteiger partial charge on any atom is 0.162 e. The van der Waals surface area contributed by atoms with Gasteiger partial charge in [-0.1, -0.05) is 127 Å². The Hall–Kier alpha value is -6.36. The van der Waals surface area contributed by atoms with E-state index in [-0.39, 0.29) is 33.2 Å². The molecule has 0 saturated carbocycles. The molecule has 0 amide bonds. The number of para-hydroxylation sites is 3. The maximum atomic E-state index is 9.51. The first-order valence-corrected chi connectivity index (χ1v) is 16.7. The van der Waals surface area contributed by atoms with E-state index in [1.807, 2.05) is 91.0 Å². The summed E-state index contributed by atoms with van der Waals surface area (Å²) < 4.78 is 110. The lowest BCUT2D eigenvalue weighted by Crippen LogP contribution is -1.99. The molecule has 0 aliphatic carbocycles. The zero-order valence-corrected chi connectivity index (χ0v) is 26.9. The van der Waals surface area contributed by atoms with Crippen molar-refractivity contribution >= 4 is 53.3 Å². The van der Waals surface area contributed by atoms with Gasteiger partial charge in [0, 0.05) is 53.3 Å². The number of hydrogen-bond donors (Lipinski definition) is 0. The van der Waals surface area contributed by atoms with Gasteiger partial charge in [0.15, 0.2) is 5.82 Å². The fourth-order valence-corrected chi connectivity index (χ4v) is 7.69. The van der Waals surface area contributed by atoms with Crippen LogP contribution in [0.5, 0.6) is 0 Å². The molecule has 3 nitrogen and oxygen atoms in total. The summed E-state index contributed by atoms with van der Waals surface area (Å²) in [6.45, 7) is 0. The Morgan fingerprint density at radius 1 is 0.480 bits per heavy atom. The number of rotatable bonds is 5. The van der Waals surface area contributed by atoms with E-state index in [0.717, 1.165) is 35.9 Å². The van der Waals surface area contributed by atoms with E-state index in [4.69, 9.17) is 23.7 Å². The minimum Gasteiger partial charge on any atom is -0.309 e. The van der Waals surface area contributed by atoms with E-state index in [2.05, 4.69) is 12.1 Å². The molecule has 0 unspecified atom stereocenters. The molecule has 0 atom stereocenters. The average molecular weight is 668 g/mol. The number of aromatic nitrogens is 3. The van der Waals surface area contributed by atoms with Crippen LogP contribution in [-0.4, -0.2) is 14.5 Å². The summed E-state index contributed by atoms with van der Waals surface area (Å²) in [5.74, 6) is -0.116. The molecule has 0 spiro atoms. The van der Waals surface area contributed by atoms with Crippen LogP contribution in [0.15, 0.2) is 176 Å². The van der Waals surface area contributed by atoms with Crippen LogP contribution < -0.4 is 0 Å². The molecule has 0 aliphatic heterocycles. The third kappa shape index (κ3) is 4.73. The smallest absolute Gasteiger partial charge is 0.162 e. The highest BCUT2D eigenvalue weighted by molar-refractivity contribution is 7.25. The molecule has 0 N–H and O–H groups in total. The predicted molar refractivity (Wildman–Crippen MR) is 211 cm³/mol. The summed E-state index contributed by atoms with van der Waals surface area (Å²) in [6, 6.07) is 25.7. The highest BCUT2D eigenvalue weighted by atomic mass is 32.1. The van der Waals surface area contributed by atoms with Crippen molar-refractivity contribution < 1.29 is 16.4 Å². The first-order chi connectivity index (χ1) is 29.8. The molecule has 0 radical (unpaired) electrons. The van der Waals surface area contributed by atoms with Crippen molar-refractivity contribution in [2.24, 2.45) is 0 Å². The van der Waals surface area contributed by atoms with Gasteiger partial charge < -0.3 is 4.57 Å². The molecular formula is C46H29N3S.